The number of hydrogen-bond acceptors (Lipinski definition) is 5. The Morgan fingerprint density at radius 3 is 2.67 bits per heavy atom. The Morgan fingerprint density at radius 2 is 1.96 bits per heavy atom. The third kappa shape index (κ3) is 4.41. The van der Waals surface area contributed by atoms with Crippen LogP contribution in [0.25, 0.3) is 0 Å². The van der Waals surface area contributed by atoms with Gasteiger partial charge in [-0.05, 0) is 36.2 Å². The van der Waals surface area contributed by atoms with Crippen molar-refractivity contribution in [3.63, 3.8) is 0 Å². The quantitative estimate of drug-likeness (QED) is 0.639. The highest BCUT2D eigenvalue weighted by Crippen LogP contribution is 2.15. The zero-order valence-electron chi connectivity index (χ0n) is 13.0. The smallest absolute Gasteiger partial charge is 0.326 e. The van der Waals surface area contributed by atoms with Gasteiger partial charge in [0.2, 0.25) is 10.0 Å². The Hall–Kier alpha value is -2.69. The average molecular weight is 344 g/mol. The van der Waals surface area contributed by atoms with E-state index in [0.717, 1.165) is 12.0 Å². The van der Waals surface area contributed by atoms with E-state index in [9.17, 15) is 13.2 Å². The number of carbonyl (C=O) groups is 1. The molecule has 0 heterocycles. The van der Waals surface area contributed by atoms with Crippen LogP contribution in [0.4, 0.5) is 0 Å². The molecule has 0 aliphatic heterocycles. The lowest BCUT2D eigenvalue weighted by molar-refractivity contribution is -0.133. The first-order valence-corrected chi connectivity index (χ1v) is 8.73. The van der Waals surface area contributed by atoms with Crippen LogP contribution in [0.3, 0.4) is 0 Å². The normalized spacial score (nSPS) is 10.8. The molecule has 0 atom stereocenters. The maximum Gasteiger partial charge on any atom is 0.326 e. The number of nitrogens with zero attached hydrogens (tertiary/aromatic N) is 1. The van der Waals surface area contributed by atoms with E-state index in [1.54, 1.807) is 30.3 Å². The third-order valence-corrected chi connectivity index (χ3v) is 4.70. The summed E-state index contributed by atoms with van der Waals surface area (Å²) in [6.45, 7) is 1.44. The molecule has 0 aliphatic rings. The Bertz CT molecular complexity index is 885. The Labute approximate surface area is 140 Å². The molecule has 0 unspecified atom stereocenters. The topological polar surface area (TPSA) is 96.3 Å². The Kier molecular flexibility index (Phi) is 5.68. The van der Waals surface area contributed by atoms with Crippen LogP contribution in [0.1, 0.15) is 18.1 Å². The van der Waals surface area contributed by atoms with Gasteiger partial charge in [-0.3, -0.25) is 4.79 Å². The maximum atomic E-state index is 12.2. The molecule has 0 saturated heterocycles. The summed E-state index contributed by atoms with van der Waals surface area (Å²) < 4.78 is 31.7. The number of ether oxygens (including phenoxy) is 1. The van der Waals surface area contributed by atoms with E-state index >= 15 is 0 Å². The minimum Gasteiger partial charge on any atom is -0.426 e. The van der Waals surface area contributed by atoms with Gasteiger partial charge >= 0.3 is 5.97 Å². The predicted molar refractivity (Wildman–Crippen MR) is 87.8 cm³/mol. The molecule has 1 N–H and O–H groups in total. The number of nitriles is 1. The SMILES string of the molecule is CCc1cccc(OC(=O)CNS(=O)(=O)c2ccccc2C#N)c1. The van der Waals surface area contributed by atoms with Crippen molar-refractivity contribution < 1.29 is 17.9 Å². The van der Waals surface area contributed by atoms with Gasteiger partial charge in [0.05, 0.1) is 10.5 Å². The molecule has 24 heavy (non-hydrogen) atoms. The molecule has 7 heteroatoms. The molecule has 2 aromatic rings. The van der Waals surface area contributed by atoms with E-state index in [2.05, 4.69) is 4.72 Å². The van der Waals surface area contributed by atoms with Crippen LogP contribution in [0.2, 0.25) is 0 Å². The van der Waals surface area contributed by atoms with Crippen LogP contribution in [0.15, 0.2) is 53.4 Å². The van der Waals surface area contributed by atoms with Gasteiger partial charge in [-0.2, -0.15) is 9.98 Å². The lowest BCUT2D eigenvalue weighted by Gasteiger charge is -2.09. The van der Waals surface area contributed by atoms with Gasteiger partial charge in [0.15, 0.2) is 0 Å². The van der Waals surface area contributed by atoms with Crippen molar-refractivity contribution in [1.82, 2.24) is 4.72 Å². The predicted octanol–water partition coefficient (Wildman–Crippen LogP) is 2.00. The number of esters is 1. The molecule has 6 nitrogen and oxygen atoms in total. The van der Waals surface area contributed by atoms with Crippen molar-refractivity contribution in [3.05, 3.63) is 59.7 Å². The van der Waals surface area contributed by atoms with Gasteiger partial charge in [-0.1, -0.05) is 31.2 Å². The van der Waals surface area contributed by atoms with Gasteiger partial charge in [-0.15, -0.1) is 0 Å². The van der Waals surface area contributed by atoms with Gasteiger partial charge in [0.1, 0.15) is 18.4 Å². The number of benzene rings is 2. The van der Waals surface area contributed by atoms with E-state index < -0.39 is 22.5 Å². The zero-order chi connectivity index (χ0) is 17.6. The van der Waals surface area contributed by atoms with Crippen molar-refractivity contribution in [2.24, 2.45) is 0 Å². The van der Waals surface area contributed by atoms with Gasteiger partial charge in [-0.25, -0.2) is 8.42 Å². The van der Waals surface area contributed by atoms with Gasteiger partial charge in [0, 0.05) is 0 Å². The fourth-order valence-electron chi connectivity index (χ4n) is 2.02. The largest absolute Gasteiger partial charge is 0.426 e. The van der Waals surface area contributed by atoms with Crippen LogP contribution < -0.4 is 9.46 Å². The van der Waals surface area contributed by atoms with Crippen molar-refractivity contribution in [3.8, 4) is 11.8 Å². The monoisotopic (exact) mass is 344 g/mol. The van der Waals surface area contributed by atoms with Crippen LogP contribution in [-0.4, -0.2) is 20.9 Å². The summed E-state index contributed by atoms with van der Waals surface area (Å²) in [5, 5.41) is 8.97. The molecule has 0 spiro atoms. The van der Waals surface area contributed by atoms with Crippen LogP contribution >= 0.6 is 0 Å². The number of hydrogen-bond donors (Lipinski definition) is 1. The molecular formula is C17H16N2O4S. The molecule has 0 saturated carbocycles. The molecular weight excluding hydrogens is 328 g/mol. The molecule has 2 aromatic carbocycles. The minimum absolute atomic E-state index is 0.00835. The van der Waals surface area contributed by atoms with Crippen molar-refractivity contribution in [2.45, 2.75) is 18.2 Å². The summed E-state index contributed by atoms with van der Waals surface area (Å²) in [4.78, 5) is 11.7. The highest BCUT2D eigenvalue weighted by molar-refractivity contribution is 7.89. The van der Waals surface area contributed by atoms with E-state index in [4.69, 9.17) is 10.00 Å². The fourth-order valence-corrected chi connectivity index (χ4v) is 3.15. The summed E-state index contributed by atoms with van der Waals surface area (Å²) >= 11 is 0. The Balaban J connectivity index is 2.04. The average Bonchev–Trinajstić information content (AvgIpc) is 2.60. The minimum atomic E-state index is -3.98. The summed E-state index contributed by atoms with van der Waals surface area (Å²) in [7, 11) is -3.98. The first-order chi connectivity index (χ1) is 11.5. The molecule has 0 radical (unpaired) electrons. The lowest BCUT2D eigenvalue weighted by Crippen LogP contribution is -2.32. The van der Waals surface area contributed by atoms with Crippen molar-refractivity contribution in [2.75, 3.05) is 6.54 Å². The highest BCUT2D eigenvalue weighted by atomic mass is 32.2. The summed E-state index contributed by atoms with van der Waals surface area (Å²) in [5.74, 6) is -0.378. The number of nitrogens with one attached hydrogen (secondary N) is 1. The molecule has 0 aromatic heterocycles. The van der Waals surface area contributed by atoms with Gasteiger partial charge < -0.3 is 4.74 Å². The van der Waals surface area contributed by atoms with Gasteiger partial charge in [0.25, 0.3) is 0 Å². The number of rotatable bonds is 6. The van der Waals surface area contributed by atoms with E-state index in [1.807, 2.05) is 13.0 Å². The molecule has 0 amide bonds. The second kappa shape index (κ2) is 7.73. The van der Waals surface area contributed by atoms with Crippen molar-refractivity contribution >= 4 is 16.0 Å². The van der Waals surface area contributed by atoms with Crippen LogP contribution in [0, 0.1) is 11.3 Å². The second-order valence-electron chi connectivity index (χ2n) is 4.91. The fraction of sp³-hybridized carbons (Fsp3) is 0.176. The van der Waals surface area contributed by atoms with Crippen LogP contribution in [0.5, 0.6) is 5.75 Å². The van der Waals surface area contributed by atoms with E-state index in [0.29, 0.717) is 5.75 Å². The lowest BCUT2D eigenvalue weighted by atomic mass is 10.2. The summed E-state index contributed by atoms with van der Waals surface area (Å²) in [6.07, 6.45) is 0.795. The molecule has 0 aliphatic carbocycles. The second-order valence-corrected chi connectivity index (χ2v) is 6.64. The first kappa shape index (κ1) is 17.7. The number of carbonyl (C=O) groups excluding carboxylic acids is 1. The van der Waals surface area contributed by atoms with E-state index in [1.165, 1.54) is 18.2 Å². The number of sulfonamides is 1. The summed E-state index contributed by atoms with van der Waals surface area (Å²) in [6, 6.07) is 14.6. The van der Waals surface area contributed by atoms with Crippen LogP contribution in [-0.2, 0) is 21.2 Å². The van der Waals surface area contributed by atoms with Crippen molar-refractivity contribution in [1.29, 1.82) is 5.26 Å². The Morgan fingerprint density at radius 1 is 1.21 bits per heavy atom. The number of aryl methyl sites for hydroxylation is 1. The summed E-state index contributed by atoms with van der Waals surface area (Å²) in [5.41, 5.74) is 1.01. The highest BCUT2D eigenvalue weighted by Gasteiger charge is 2.19. The standard InChI is InChI=1S/C17H16N2O4S/c1-2-13-6-5-8-15(10-13)23-17(20)12-19-24(21,22)16-9-4-3-7-14(16)11-18/h3-10,19H,2,12H2,1H3. The molecule has 2 rings (SSSR count). The molecule has 0 bridgehead atoms. The third-order valence-electron chi connectivity index (χ3n) is 3.24. The first-order valence-electron chi connectivity index (χ1n) is 7.24. The maximum absolute atomic E-state index is 12.2. The molecule has 124 valence electrons. The molecule has 0 fully saturated rings. The van der Waals surface area contributed by atoms with E-state index in [-0.39, 0.29) is 10.5 Å². The zero-order valence-corrected chi connectivity index (χ0v) is 13.8.